The predicted octanol–water partition coefficient (Wildman–Crippen LogP) is 6.26. The first kappa shape index (κ1) is 22.6. The zero-order valence-electron chi connectivity index (χ0n) is 18.1. The Balaban J connectivity index is 1.54. The quantitative estimate of drug-likeness (QED) is 0.465. The van der Waals surface area contributed by atoms with Gasteiger partial charge in [-0.05, 0) is 66.9 Å². The van der Waals surface area contributed by atoms with E-state index in [9.17, 15) is 14.0 Å². The van der Waals surface area contributed by atoms with E-state index < -0.39 is 11.8 Å². The molecule has 3 aromatic carbocycles. The smallest absolute Gasteiger partial charge is 0.320 e. The second-order valence-electron chi connectivity index (χ2n) is 7.91. The number of hydrogen-bond acceptors (Lipinski definition) is 2. The van der Waals surface area contributed by atoms with Crippen LogP contribution in [-0.2, 0) is 6.54 Å². The minimum absolute atomic E-state index is 0.203. The second-order valence-corrected chi connectivity index (χ2v) is 8.32. The van der Waals surface area contributed by atoms with Crippen molar-refractivity contribution in [2.75, 3.05) is 28.6 Å². The fraction of sp³-hybridized carbons (Fsp3) is 0.200. The number of para-hydroxylation sites is 1. The number of nitrogens with zero attached hydrogens (tertiary/aromatic N) is 2. The average molecular weight is 467 g/mol. The third-order valence-corrected chi connectivity index (χ3v) is 5.77. The van der Waals surface area contributed by atoms with Crippen molar-refractivity contribution >= 4 is 40.7 Å². The lowest BCUT2D eigenvalue weighted by Crippen LogP contribution is -2.49. The van der Waals surface area contributed by atoms with Crippen LogP contribution in [0.4, 0.5) is 31.0 Å². The van der Waals surface area contributed by atoms with Crippen LogP contribution in [0.25, 0.3) is 0 Å². The van der Waals surface area contributed by atoms with E-state index >= 15 is 0 Å². The molecule has 1 aliphatic heterocycles. The highest BCUT2D eigenvalue weighted by Gasteiger charge is 2.29. The van der Waals surface area contributed by atoms with E-state index in [1.807, 2.05) is 43.3 Å². The summed E-state index contributed by atoms with van der Waals surface area (Å²) in [5.74, 6) is -0.398. The van der Waals surface area contributed by atoms with Gasteiger partial charge >= 0.3 is 12.1 Å². The largest absolute Gasteiger partial charge is 0.324 e. The maximum absolute atomic E-state index is 13.7. The first-order valence-corrected chi connectivity index (χ1v) is 11.0. The van der Waals surface area contributed by atoms with Crippen LogP contribution in [0.2, 0.25) is 5.02 Å². The lowest BCUT2D eigenvalue weighted by Gasteiger charge is -2.36. The number of nitrogens with one attached hydrogen (secondary N) is 2. The molecule has 8 heteroatoms. The van der Waals surface area contributed by atoms with Crippen LogP contribution in [0.3, 0.4) is 0 Å². The van der Waals surface area contributed by atoms with Crippen LogP contribution >= 0.6 is 11.6 Å². The molecule has 0 aromatic heterocycles. The van der Waals surface area contributed by atoms with Gasteiger partial charge in [-0.15, -0.1) is 0 Å². The molecular formula is C25H24ClFN4O2. The summed E-state index contributed by atoms with van der Waals surface area (Å²) in [6, 6.07) is 18.2. The molecule has 33 heavy (non-hydrogen) atoms. The van der Waals surface area contributed by atoms with Crippen LogP contribution in [0.5, 0.6) is 0 Å². The van der Waals surface area contributed by atoms with Crippen LogP contribution in [-0.4, -0.2) is 30.1 Å². The number of urea groups is 2. The molecule has 4 amide bonds. The fourth-order valence-corrected chi connectivity index (χ4v) is 3.99. The molecule has 4 rings (SSSR count). The molecule has 0 spiro atoms. The van der Waals surface area contributed by atoms with Crippen molar-refractivity contribution in [2.24, 2.45) is 0 Å². The minimum atomic E-state index is -0.402. The first-order chi connectivity index (χ1) is 15.9. The molecule has 3 aromatic rings. The number of amides is 4. The molecule has 0 unspecified atom stereocenters. The Morgan fingerprint density at radius 3 is 2.61 bits per heavy atom. The summed E-state index contributed by atoms with van der Waals surface area (Å²) in [7, 11) is 0. The van der Waals surface area contributed by atoms with Gasteiger partial charge in [0.05, 0.1) is 11.4 Å². The Bertz CT molecular complexity index is 1170. The summed E-state index contributed by atoms with van der Waals surface area (Å²) in [6.45, 7) is 3.16. The molecule has 0 aliphatic carbocycles. The number of anilines is 3. The fourth-order valence-electron chi connectivity index (χ4n) is 3.81. The summed E-state index contributed by atoms with van der Waals surface area (Å²) in [4.78, 5) is 29.2. The maximum Gasteiger partial charge on any atom is 0.324 e. The standard InChI is InChI=1S/C25H24ClFN4O2/c1-17-8-11-23(22(14-17)29-24(32)28-20-6-3-2-4-7-20)31-13-5-12-30(25(31)33)16-18-15-19(27)9-10-21(18)26/h2-4,6-11,14-15H,5,12-13,16H2,1H3,(H2,28,29,32). The molecule has 0 bridgehead atoms. The van der Waals surface area contributed by atoms with Crippen molar-refractivity contribution in [1.29, 1.82) is 0 Å². The highest BCUT2D eigenvalue weighted by molar-refractivity contribution is 6.31. The van der Waals surface area contributed by atoms with Gasteiger partial charge in [-0.2, -0.15) is 0 Å². The molecule has 0 saturated carbocycles. The second kappa shape index (κ2) is 9.92. The summed E-state index contributed by atoms with van der Waals surface area (Å²) in [5, 5.41) is 6.07. The van der Waals surface area contributed by atoms with E-state index in [4.69, 9.17) is 11.6 Å². The molecule has 1 saturated heterocycles. The number of aryl methyl sites for hydroxylation is 1. The van der Waals surface area contributed by atoms with E-state index in [2.05, 4.69) is 10.6 Å². The monoisotopic (exact) mass is 466 g/mol. The topological polar surface area (TPSA) is 64.7 Å². The van der Waals surface area contributed by atoms with Crippen LogP contribution in [0.1, 0.15) is 17.5 Å². The average Bonchev–Trinajstić information content (AvgIpc) is 2.79. The summed E-state index contributed by atoms with van der Waals surface area (Å²) >= 11 is 6.21. The third kappa shape index (κ3) is 5.43. The van der Waals surface area contributed by atoms with Gasteiger partial charge in [0.1, 0.15) is 5.82 Å². The van der Waals surface area contributed by atoms with Crippen LogP contribution in [0.15, 0.2) is 66.7 Å². The number of carbonyl (C=O) groups excluding carboxylic acids is 2. The van der Waals surface area contributed by atoms with E-state index in [1.54, 1.807) is 21.9 Å². The first-order valence-electron chi connectivity index (χ1n) is 10.6. The van der Waals surface area contributed by atoms with Crippen LogP contribution < -0.4 is 15.5 Å². The number of benzene rings is 3. The molecular weight excluding hydrogens is 443 g/mol. The SMILES string of the molecule is Cc1ccc(N2CCCN(Cc3cc(F)ccc3Cl)C2=O)c(NC(=O)Nc2ccccc2)c1. The summed E-state index contributed by atoms with van der Waals surface area (Å²) < 4.78 is 13.7. The summed E-state index contributed by atoms with van der Waals surface area (Å²) in [5.41, 5.74) is 3.29. The minimum Gasteiger partial charge on any atom is -0.320 e. The van der Waals surface area contributed by atoms with Gasteiger partial charge in [-0.25, -0.2) is 14.0 Å². The zero-order valence-corrected chi connectivity index (χ0v) is 18.9. The Morgan fingerprint density at radius 2 is 1.82 bits per heavy atom. The highest BCUT2D eigenvalue weighted by atomic mass is 35.5. The van der Waals surface area contributed by atoms with E-state index in [1.165, 1.54) is 18.2 Å². The molecule has 2 N–H and O–H groups in total. The number of rotatable bonds is 5. The van der Waals surface area contributed by atoms with Crippen molar-refractivity contribution in [1.82, 2.24) is 4.90 Å². The van der Waals surface area contributed by atoms with Gasteiger partial charge < -0.3 is 15.5 Å². The van der Waals surface area contributed by atoms with E-state index in [-0.39, 0.29) is 12.6 Å². The Hall–Kier alpha value is -3.58. The third-order valence-electron chi connectivity index (χ3n) is 5.40. The Kier molecular flexibility index (Phi) is 6.79. The van der Waals surface area contributed by atoms with Gasteiger partial charge in [0.15, 0.2) is 0 Å². The van der Waals surface area contributed by atoms with Crippen molar-refractivity contribution in [3.05, 3.63) is 88.7 Å². The maximum atomic E-state index is 13.7. The molecule has 1 fully saturated rings. The van der Waals surface area contributed by atoms with Gasteiger partial charge in [-0.1, -0.05) is 35.9 Å². The summed E-state index contributed by atoms with van der Waals surface area (Å²) in [6.07, 6.45) is 0.724. The van der Waals surface area contributed by atoms with Crippen molar-refractivity contribution in [2.45, 2.75) is 19.9 Å². The van der Waals surface area contributed by atoms with Gasteiger partial charge in [0.2, 0.25) is 0 Å². The van der Waals surface area contributed by atoms with Gasteiger partial charge in [-0.3, -0.25) is 4.90 Å². The zero-order chi connectivity index (χ0) is 23.4. The van der Waals surface area contributed by atoms with E-state index in [0.29, 0.717) is 40.7 Å². The predicted molar refractivity (Wildman–Crippen MR) is 129 cm³/mol. The van der Waals surface area contributed by atoms with Gasteiger partial charge in [0.25, 0.3) is 0 Å². The molecule has 0 radical (unpaired) electrons. The molecule has 1 aliphatic rings. The molecule has 6 nitrogen and oxygen atoms in total. The molecule has 1 heterocycles. The highest BCUT2D eigenvalue weighted by Crippen LogP contribution is 2.31. The lowest BCUT2D eigenvalue weighted by atomic mass is 10.1. The van der Waals surface area contributed by atoms with Crippen molar-refractivity contribution in [3.63, 3.8) is 0 Å². The Labute approximate surface area is 197 Å². The lowest BCUT2D eigenvalue weighted by molar-refractivity contribution is 0.192. The van der Waals surface area contributed by atoms with Gasteiger partial charge in [0, 0.05) is 30.3 Å². The number of halogens is 2. The van der Waals surface area contributed by atoms with Crippen molar-refractivity contribution in [3.8, 4) is 0 Å². The normalized spacial score (nSPS) is 13.7. The van der Waals surface area contributed by atoms with E-state index in [0.717, 1.165) is 12.0 Å². The number of carbonyl (C=O) groups is 2. The molecule has 0 atom stereocenters. The van der Waals surface area contributed by atoms with Crippen molar-refractivity contribution < 1.29 is 14.0 Å². The molecule has 170 valence electrons. The number of hydrogen-bond donors (Lipinski definition) is 2. The Morgan fingerprint density at radius 1 is 1.03 bits per heavy atom. The van der Waals surface area contributed by atoms with Crippen LogP contribution in [0, 0.1) is 12.7 Å².